The summed E-state index contributed by atoms with van der Waals surface area (Å²) in [7, 11) is 2.13. The molecule has 31 heavy (non-hydrogen) atoms. The molecule has 7 heteroatoms. The summed E-state index contributed by atoms with van der Waals surface area (Å²) >= 11 is 0. The molecule has 5 rings (SSSR count). The molecule has 162 valence electrons. The molecule has 3 aliphatic rings. The van der Waals surface area contributed by atoms with Crippen molar-refractivity contribution in [1.29, 1.82) is 0 Å². The minimum atomic E-state index is -0.0989. The summed E-state index contributed by atoms with van der Waals surface area (Å²) in [4.78, 5) is 36.7. The molecule has 0 aliphatic carbocycles. The molecule has 1 atom stereocenters. The van der Waals surface area contributed by atoms with Gasteiger partial charge in [0.1, 0.15) is 5.82 Å². The lowest BCUT2D eigenvalue weighted by molar-refractivity contribution is -0.118. The van der Waals surface area contributed by atoms with Crippen LogP contribution in [0.25, 0.3) is 0 Å². The standard InChI is InChI=1S/C24H29N5O2/c1-27-12-14-28(15-13-27)21-16-18(6-9-25-21)24(31)29-10-7-17(8-11-29)22-19-4-2-3-5-20(19)26-23(22)30/h2-6,9,16-17,22H,7-8,10-15H2,1H3,(H,26,30). The van der Waals surface area contributed by atoms with Crippen LogP contribution in [0.1, 0.15) is 34.7 Å². The van der Waals surface area contributed by atoms with E-state index in [-0.39, 0.29) is 23.7 Å². The number of para-hydroxylation sites is 1. The molecule has 7 nitrogen and oxygen atoms in total. The molecule has 2 amide bonds. The number of pyridine rings is 1. The lowest BCUT2D eigenvalue weighted by Crippen LogP contribution is -2.45. The number of piperidine rings is 1. The number of nitrogens with one attached hydrogen (secondary N) is 1. The number of piperazine rings is 1. The first-order valence-electron chi connectivity index (χ1n) is 11.2. The van der Waals surface area contributed by atoms with Gasteiger partial charge in [-0.25, -0.2) is 4.98 Å². The highest BCUT2D eigenvalue weighted by Gasteiger charge is 2.38. The Labute approximate surface area is 183 Å². The van der Waals surface area contributed by atoms with Crippen LogP contribution >= 0.6 is 0 Å². The van der Waals surface area contributed by atoms with Gasteiger partial charge in [0.15, 0.2) is 0 Å². The van der Waals surface area contributed by atoms with E-state index in [1.807, 2.05) is 41.3 Å². The quantitative estimate of drug-likeness (QED) is 0.828. The Balaban J connectivity index is 1.24. The summed E-state index contributed by atoms with van der Waals surface area (Å²) < 4.78 is 0. The third-order valence-electron chi connectivity index (χ3n) is 6.95. The van der Waals surface area contributed by atoms with Crippen molar-refractivity contribution in [3.8, 4) is 0 Å². The van der Waals surface area contributed by atoms with Crippen molar-refractivity contribution >= 4 is 23.3 Å². The number of likely N-dealkylation sites (tertiary alicyclic amines) is 1. The second-order valence-electron chi connectivity index (χ2n) is 8.88. The van der Waals surface area contributed by atoms with Crippen LogP contribution < -0.4 is 10.2 Å². The van der Waals surface area contributed by atoms with Gasteiger partial charge in [0.2, 0.25) is 5.91 Å². The highest BCUT2D eigenvalue weighted by molar-refractivity contribution is 6.03. The Morgan fingerprint density at radius 2 is 1.77 bits per heavy atom. The molecule has 2 aromatic rings. The molecule has 1 aromatic carbocycles. The summed E-state index contributed by atoms with van der Waals surface area (Å²) in [6.45, 7) is 5.23. The maximum Gasteiger partial charge on any atom is 0.254 e. The first-order valence-corrected chi connectivity index (χ1v) is 11.2. The van der Waals surface area contributed by atoms with Crippen LogP contribution in [0.3, 0.4) is 0 Å². The van der Waals surface area contributed by atoms with Crippen molar-refractivity contribution in [3.63, 3.8) is 0 Å². The highest BCUT2D eigenvalue weighted by Crippen LogP contribution is 2.41. The van der Waals surface area contributed by atoms with Gasteiger partial charge >= 0.3 is 0 Å². The van der Waals surface area contributed by atoms with Crippen LogP contribution in [-0.4, -0.2) is 72.9 Å². The average molecular weight is 420 g/mol. The summed E-state index contributed by atoms with van der Waals surface area (Å²) in [5, 5.41) is 3.01. The van der Waals surface area contributed by atoms with Crippen LogP contribution in [0.5, 0.6) is 0 Å². The van der Waals surface area contributed by atoms with Crippen molar-refractivity contribution in [1.82, 2.24) is 14.8 Å². The predicted molar refractivity (Wildman–Crippen MR) is 120 cm³/mol. The molecule has 1 unspecified atom stereocenters. The number of rotatable bonds is 3. The fraction of sp³-hybridized carbons (Fsp3) is 0.458. The van der Waals surface area contributed by atoms with Crippen molar-refractivity contribution in [2.75, 3.05) is 56.5 Å². The highest BCUT2D eigenvalue weighted by atomic mass is 16.2. The normalized spacial score (nSPS) is 22.4. The van der Waals surface area contributed by atoms with Gasteiger partial charge < -0.3 is 20.0 Å². The molecule has 1 N–H and O–H groups in total. The summed E-state index contributed by atoms with van der Waals surface area (Å²) in [6.07, 6.45) is 3.43. The van der Waals surface area contributed by atoms with Crippen LogP contribution in [0.15, 0.2) is 42.6 Å². The van der Waals surface area contributed by atoms with Crippen molar-refractivity contribution < 1.29 is 9.59 Å². The van der Waals surface area contributed by atoms with Crippen LogP contribution in [0.4, 0.5) is 11.5 Å². The average Bonchev–Trinajstić information content (AvgIpc) is 3.15. The molecule has 1 aromatic heterocycles. The number of benzene rings is 1. The van der Waals surface area contributed by atoms with Gasteiger partial charge in [-0.3, -0.25) is 9.59 Å². The minimum Gasteiger partial charge on any atom is -0.354 e. The van der Waals surface area contributed by atoms with Gasteiger partial charge in [-0.05, 0) is 49.6 Å². The predicted octanol–water partition coefficient (Wildman–Crippen LogP) is 2.42. The molecule has 3 aliphatic heterocycles. The number of hydrogen-bond donors (Lipinski definition) is 1. The summed E-state index contributed by atoms with van der Waals surface area (Å²) in [6, 6.07) is 11.7. The fourth-order valence-electron chi connectivity index (χ4n) is 5.08. The zero-order valence-corrected chi connectivity index (χ0v) is 18.0. The van der Waals surface area contributed by atoms with E-state index in [2.05, 4.69) is 27.1 Å². The van der Waals surface area contributed by atoms with Crippen molar-refractivity contribution in [2.24, 2.45) is 5.92 Å². The van der Waals surface area contributed by atoms with E-state index in [9.17, 15) is 9.59 Å². The maximum absolute atomic E-state index is 13.2. The molecular formula is C24H29N5O2. The minimum absolute atomic E-state index is 0.0625. The van der Waals surface area contributed by atoms with Gasteiger partial charge in [-0.2, -0.15) is 0 Å². The number of carbonyl (C=O) groups excluding carboxylic acids is 2. The fourth-order valence-corrected chi connectivity index (χ4v) is 5.08. The molecule has 2 fully saturated rings. The van der Waals surface area contributed by atoms with Crippen LogP contribution in [-0.2, 0) is 4.79 Å². The molecule has 2 saturated heterocycles. The lowest BCUT2D eigenvalue weighted by atomic mass is 9.80. The zero-order valence-electron chi connectivity index (χ0n) is 18.0. The third-order valence-corrected chi connectivity index (χ3v) is 6.95. The summed E-state index contributed by atoms with van der Waals surface area (Å²) in [5.74, 6) is 1.21. The van der Waals surface area contributed by atoms with E-state index < -0.39 is 0 Å². The number of hydrogen-bond acceptors (Lipinski definition) is 5. The number of likely N-dealkylation sites (N-methyl/N-ethyl adjacent to an activating group) is 1. The Morgan fingerprint density at radius 1 is 1.03 bits per heavy atom. The van der Waals surface area contributed by atoms with Gasteiger partial charge in [0.05, 0.1) is 5.92 Å². The van der Waals surface area contributed by atoms with E-state index in [1.165, 1.54) is 0 Å². The number of anilines is 2. The SMILES string of the molecule is CN1CCN(c2cc(C(=O)N3CCC(C4C(=O)Nc5ccccc54)CC3)ccn2)CC1. The second kappa shape index (κ2) is 8.30. The number of nitrogens with zero attached hydrogens (tertiary/aromatic N) is 4. The van der Waals surface area contributed by atoms with E-state index >= 15 is 0 Å². The number of aromatic nitrogens is 1. The van der Waals surface area contributed by atoms with Gasteiger partial charge in [0, 0.05) is 56.7 Å². The van der Waals surface area contributed by atoms with Crippen molar-refractivity contribution in [3.05, 3.63) is 53.7 Å². The van der Waals surface area contributed by atoms with Gasteiger partial charge in [-0.1, -0.05) is 18.2 Å². The number of carbonyl (C=O) groups is 2. The molecule has 0 saturated carbocycles. The van der Waals surface area contributed by atoms with Crippen LogP contribution in [0.2, 0.25) is 0 Å². The van der Waals surface area contributed by atoms with Crippen LogP contribution in [0, 0.1) is 5.92 Å². The van der Waals surface area contributed by atoms with E-state index in [0.29, 0.717) is 18.7 Å². The molecular weight excluding hydrogens is 390 g/mol. The Kier molecular flexibility index (Phi) is 5.36. The number of fused-ring (bicyclic) bond motifs is 1. The molecule has 0 spiro atoms. The first kappa shape index (κ1) is 20.0. The smallest absolute Gasteiger partial charge is 0.254 e. The van der Waals surface area contributed by atoms with E-state index in [1.54, 1.807) is 6.20 Å². The zero-order chi connectivity index (χ0) is 21.4. The number of amides is 2. The molecule has 0 bridgehead atoms. The van der Waals surface area contributed by atoms with Crippen molar-refractivity contribution in [2.45, 2.75) is 18.8 Å². The van der Waals surface area contributed by atoms with E-state index in [0.717, 1.165) is 56.1 Å². The Hall–Kier alpha value is -2.93. The largest absolute Gasteiger partial charge is 0.354 e. The Morgan fingerprint density at radius 3 is 2.55 bits per heavy atom. The van der Waals surface area contributed by atoms with E-state index in [4.69, 9.17) is 0 Å². The first-order chi connectivity index (χ1) is 15.1. The monoisotopic (exact) mass is 419 g/mol. The van der Waals surface area contributed by atoms with Gasteiger partial charge in [0.25, 0.3) is 5.91 Å². The third kappa shape index (κ3) is 3.90. The topological polar surface area (TPSA) is 68.8 Å². The second-order valence-corrected chi connectivity index (χ2v) is 8.88. The maximum atomic E-state index is 13.2. The molecule has 0 radical (unpaired) electrons. The lowest BCUT2D eigenvalue weighted by Gasteiger charge is -2.35. The summed E-state index contributed by atoms with van der Waals surface area (Å²) in [5.41, 5.74) is 2.73. The van der Waals surface area contributed by atoms with Gasteiger partial charge in [-0.15, -0.1) is 0 Å². The molecule has 4 heterocycles. The Bertz CT molecular complexity index is 977.